The van der Waals surface area contributed by atoms with Gasteiger partial charge < -0.3 is 14.4 Å². The monoisotopic (exact) mass is 450 g/mol. The van der Waals surface area contributed by atoms with Gasteiger partial charge in [0.25, 0.3) is 5.91 Å². The van der Waals surface area contributed by atoms with E-state index in [0.29, 0.717) is 12.3 Å². The number of hydrogen-bond donors (Lipinski definition) is 0. The lowest BCUT2D eigenvalue weighted by atomic mass is 9.97. The summed E-state index contributed by atoms with van der Waals surface area (Å²) in [4.78, 5) is 29.3. The molecule has 2 aromatic rings. The van der Waals surface area contributed by atoms with E-state index in [2.05, 4.69) is 0 Å². The highest BCUT2D eigenvalue weighted by Gasteiger charge is 2.53. The summed E-state index contributed by atoms with van der Waals surface area (Å²) in [5.41, 5.74) is 1.67. The van der Waals surface area contributed by atoms with Crippen LogP contribution in [0.1, 0.15) is 19.4 Å². The van der Waals surface area contributed by atoms with Crippen molar-refractivity contribution >= 4 is 41.7 Å². The van der Waals surface area contributed by atoms with Gasteiger partial charge >= 0.3 is 5.97 Å². The fraction of sp³-hybridized carbons (Fsp3) is 0.364. The fourth-order valence-corrected chi connectivity index (χ4v) is 5.12. The SMILES string of the molecule is CCN1C(=O)[C@H](OC(C)=O)[C@@](c2ccc(OC)cc2)(N(C)C)Sc2ccccc21.Cl. The summed E-state index contributed by atoms with van der Waals surface area (Å²) < 4.78 is 11.0. The first-order chi connectivity index (χ1) is 13.8. The Hall–Kier alpha value is -2.22. The molecule has 2 atom stereocenters. The summed E-state index contributed by atoms with van der Waals surface area (Å²) in [5, 5.41) is 0. The first kappa shape index (κ1) is 24.1. The van der Waals surface area contributed by atoms with Crippen molar-refractivity contribution in [3.05, 3.63) is 54.1 Å². The number of ether oxygens (including phenoxy) is 2. The topological polar surface area (TPSA) is 59.1 Å². The molecule has 0 bridgehead atoms. The van der Waals surface area contributed by atoms with Crippen molar-refractivity contribution in [3.63, 3.8) is 0 Å². The van der Waals surface area contributed by atoms with Gasteiger partial charge in [0, 0.05) is 18.4 Å². The first-order valence-electron chi connectivity index (χ1n) is 9.43. The van der Waals surface area contributed by atoms with E-state index in [-0.39, 0.29) is 18.3 Å². The standard InChI is InChI=1S/C22H26N2O4S.ClH/c1-6-24-18-9-7-8-10-19(18)29-22(23(3)4,20(21(24)26)28-15(2)25)16-11-13-17(27-5)14-12-16;/h7-14,20H,6H2,1-5H3;1H/t20-,22-;/m0./s1. The largest absolute Gasteiger partial charge is 0.497 e. The lowest BCUT2D eigenvalue weighted by Crippen LogP contribution is -2.56. The van der Waals surface area contributed by atoms with E-state index < -0.39 is 16.9 Å². The molecule has 2 aromatic carbocycles. The smallest absolute Gasteiger partial charge is 0.303 e. The van der Waals surface area contributed by atoms with E-state index in [1.54, 1.807) is 12.0 Å². The quantitative estimate of drug-likeness (QED) is 0.643. The van der Waals surface area contributed by atoms with Gasteiger partial charge in [0.1, 0.15) is 10.6 Å². The maximum atomic E-state index is 13.7. The van der Waals surface area contributed by atoms with Gasteiger partial charge in [0.05, 0.1) is 12.8 Å². The summed E-state index contributed by atoms with van der Waals surface area (Å²) in [5.74, 6) is -0.0254. The number of esters is 1. The molecular formula is C22H27ClN2O4S. The zero-order valence-electron chi connectivity index (χ0n) is 17.7. The second-order valence-corrected chi connectivity index (χ2v) is 8.23. The molecule has 0 saturated heterocycles. The van der Waals surface area contributed by atoms with Gasteiger partial charge in [-0.2, -0.15) is 0 Å². The molecule has 6 nitrogen and oxygen atoms in total. The van der Waals surface area contributed by atoms with Crippen LogP contribution in [-0.4, -0.2) is 50.6 Å². The number of carbonyl (C=O) groups is 2. The molecule has 0 aromatic heterocycles. The second-order valence-electron chi connectivity index (χ2n) is 6.96. The van der Waals surface area contributed by atoms with Crippen LogP contribution in [-0.2, 0) is 19.2 Å². The molecule has 3 rings (SSSR count). The molecule has 0 N–H and O–H groups in total. The Labute approximate surface area is 187 Å². The molecule has 30 heavy (non-hydrogen) atoms. The van der Waals surface area contributed by atoms with Crippen LogP contribution in [0.25, 0.3) is 0 Å². The van der Waals surface area contributed by atoms with E-state index in [9.17, 15) is 9.59 Å². The number of hydrogen-bond acceptors (Lipinski definition) is 6. The summed E-state index contributed by atoms with van der Waals surface area (Å²) >= 11 is 1.52. The Bertz CT molecular complexity index is 906. The van der Waals surface area contributed by atoms with E-state index in [4.69, 9.17) is 9.47 Å². The molecule has 1 aliphatic heterocycles. The van der Waals surface area contributed by atoms with E-state index in [0.717, 1.165) is 16.1 Å². The number of fused-ring (bicyclic) bond motifs is 1. The summed E-state index contributed by atoms with van der Waals surface area (Å²) in [6.07, 6.45) is -1.03. The summed E-state index contributed by atoms with van der Waals surface area (Å²) in [6, 6.07) is 15.3. The number of thioether (sulfide) groups is 1. The van der Waals surface area contributed by atoms with E-state index in [1.807, 2.05) is 74.4 Å². The minimum atomic E-state index is -1.03. The number of halogens is 1. The van der Waals surface area contributed by atoms with Crippen LogP contribution in [0.5, 0.6) is 5.75 Å². The minimum absolute atomic E-state index is 0. The Balaban J connectivity index is 0.00000320. The maximum absolute atomic E-state index is 13.7. The van der Waals surface area contributed by atoms with Crippen molar-refractivity contribution in [2.45, 2.75) is 29.7 Å². The zero-order valence-corrected chi connectivity index (χ0v) is 19.4. The van der Waals surface area contributed by atoms with Crippen molar-refractivity contribution in [2.24, 2.45) is 0 Å². The van der Waals surface area contributed by atoms with Gasteiger partial charge in [-0.25, -0.2) is 0 Å². The highest BCUT2D eigenvalue weighted by Crippen LogP contribution is 2.52. The van der Waals surface area contributed by atoms with Crippen LogP contribution >= 0.6 is 24.2 Å². The van der Waals surface area contributed by atoms with Gasteiger partial charge in [0.2, 0.25) is 6.10 Å². The molecule has 0 unspecified atom stereocenters. The highest BCUT2D eigenvalue weighted by atomic mass is 35.5. The molecule has 8 heteroatoms. The van der Waals surface area contributed by atoms with E-state index >= 15 is 0 Å². The number of rotatable bonds is 5. The van der Waals surface area contributed by atoms with Gasteiger partial charge in [-0.3, -0.25) is 14.5 Å². The predicted octanol–water partition coefficient (Wildman–Crippen LogP) is 3.92. The van der Waals surface area contributed by atoms with Gasteiger partial charge in [0.15, 0.2) is 0 Å². The molecule has 1 amide bonds. The summed E-state index contributed by atoms with van der Waals surface area (Å²) in [6.45, 7) is 3.72. The number of carbonyl (C=O) groups excluding carboxylic acids is 2. The molecule has 162 valence electrons. The maximum Gasteiger partial charge on any atom is 0.303 e. The first-order valence-corrected chi connectivity index (χ1v) is 10.2. The third-order valence-corrected chi connectivity index (χ3v) is 6.73. The number of likely N-dealkylation sites (N-methyl/N-ethyl adjacent to an activating group) is 2. The number of methoxy groups -OCH3 is 1. The lowest BCUT2D eigenvalue weighted by molar-refractivity contribution is -0.158. The zero-order chi connectivity index (χ0) is 21.2. The second kappa shape index (κ2) is 9.73. The number of para-hydroxylation sites is 1. The van der Waals surface area contributed by atoms with Crippen molar-refractivity contribution in [3.8, 4) is 5.75 Å². The molecule has 0 fully saturated rings. The number of anilines is 1. The van der Waals surface area contributed by atoms with Gasteiger partial charge in [-0.05, 0) is 50.8 Å². The Morgan fingerprint density at radius 1 is 1.17 bits per heavy atom. The molecule has 1 aliphatic rings. The lowest BCUT2D eigenvalue weighted by Gasteiger charge is -2.43. The molecule has 0 saturated carbocycles. The predicted molar refractivity (Wildman–Crippen MR) is 121 cm³/mol. The van der Waals surface area contributed by atoms with Crippen molar-refractivity contribution in [2.75, 3.05) is 32.6 Å². The molecule has 0 spiro atoms. The van der Waals surface area contributed by atoms with Crippen molar-refractivity contribution in [1.29, 1.82) is 0 Å². The molecule has 0 radical (unpaired) electrons. The number of amides is 1. The number of nitrogens with zero attached hydrogens (tertiary/aromatic N) is 2. The molecule has 1 heterocycles. The van der Waals surface area contributed by atoms with E-state index in [1.165, 1.54) is 18.7 Å². The Morgan fingerprint density at radius 3 is 2.33 bits per heavy atom. The number of benzene rings is 2. The van der Waals surface area contributed by atoms with Gasteiger partial charge in [-0.15, -0.1) is 12.4 Å². The Kier molecular flexibility index (Phi) is 7.80. The minimum Gasteiger partial charge on any atom is -0.497 e. The van der Waals surface area contributed by atoms with Crippen LogP contribution in [0.4, 0.5) is 5.69 Å². The van der Waals surface area contributed by atoms with Crippen LogP contribution in [0.3, 0.4) is 0 Å². The molecular weight excluding hydrogens is 424 g/mol. The fourth-order valence-electron chi connectivity index (χ4n) is 3.66. The summed E-state index contributed by atoms with van der Waals surface area (Å²) in [7, 11) is 5.40. The third kappa shape index (κ3) is 4.15. The Morgan fingerprint density at radius 2 is 1.80 bits per heavy atom. The van der Waals surface area contributed by atoms with Crippen LogP contribution < -0.4 is 9.64 Å². The third-order valence-electron chi connectivity index (χ3n) is 5.04. The van der Waals surface area contributed by atoms with Crippen LogP contribution in [0.2, 0.25) is 0 Å². The van der Waals surface area contributed by atoms with Crippen LogP contribution in [0.15, 0.2) is 53.4 Å². The highest BCUT2D eigenvalue weighted by molar-refractivity contribution is 8.00. The van der Waals surface area contributed by atoms with Crippen molar-refractivity contribution in [1.82, 2.24) is 4.90 Å². The average molecular weight is 451 g/mol. The van der Waals surface area contributed by atoms with Gasteiger partial charge in [-0.1, -0.05) is 36.0 Å². The van der Waals surface area contributed by atoms with Crippen LogP contribution in [0, 0.1) is 0 Å². The van der Waals surface area contributed by atoms with Crippen molar-refractivity contribution < 1.29 is 19.1 Å². The molecule has 0 aliphatic carbocycles. The average Bonchev–Trinajstić information content (AvgIpc) is 2.81. The normalized spacial score (nSPS) is 20.8.